The van der Waals surface area contributed by atoms with Crippen LogP contribution in [0.4, 0.5) is 0 Å². The Balaban J connectivity index is 1.34. The van der Waals surface area contributed by atoms with E-state index in [4.69, 9.17) is 4.42 Å². The van der Waals surface area contributed by atoms with Gasteiger partial charge in [0.2, 0.25) is 12.3 Å². The monoisotopic (exact) mass is 363 g/mol. The lowest BCUT2D eigenvalue weighted by Crippen LogP contribution is -3.13. The van der Waals surface area contributed by atoms with Crippen molar-refractivity contribution in [3.8, 4) is 11.5 Å². The molecule has 1 fully saturated rings. The third kappa shape index (κ3) is 4.06. The number of carbonyl (C=O) groups is 1. The molecule has 1 aliphatic rings. The van der Waals surface area contributed by atoms with Crippen LogP contribution >= 0.6 is 0 Å². The average Bonchev–Trinajstić information content (AvgIpc) is 3.23. The molecular weight excluding hydrogens is 340 g/mol. The summed E-state index contributed by atoms with van der Waals surface area (Å²) in [5, 5.41) is 7.56. The summed E-state index contributed by atoms with van der Waals surface area (Å²) in [5.74, 6) is 0.545. The number of hydrogen-bond acceptors (Lipinski definition) is 4. The highest BCUT2D eigenvalue weighted by atomic mass is 16.4. The minimum Gasteiger partial charge on any atom is -0.423 e. The third-order valence-electron chi connectivity index (χ3n) is 5.03. The van der Waals surface area contributed by atoms with E-state index in [2.05, 4.69) is 41.4 Å². The number of piperazine rings is 1. The second-order valence-electron chi connectivity index (χ2n) is 7.03. The second kappa shape index (κ2) is 7.72. The molecule has 1 aromatic heterocycles. The van der Waals surface area contributed by atoms with Crippen LogP contribution in [0.3, 0.4) is 0 Å². The number of nitrogens with one attached hydrogen (secondary N) is 1. The van der Waals surface area contributed by atoms with Gasteiger partial charge in [-0.05, 0) is 31.2 Å². The maximum absolute atomic E-state index is 12.8. The molecule has 0 radical (unpaired) electrons. The Morgan fingerprint density at radius 1 is 1.15 bits per heavy atom. The van der Waals surface area contributed by atoms with Crippen molar-refractivity contribution < 1.29 is 14.1 Å². The van der Waals surface area contributed by atoms with Crippen LogP contribution in [0.1, 0.15) is 21.5 Å². The smallest absolute Gasteiger partial charge is 0.254 e. The van der Waals surface area contributed by atoms with Crippen molar-refractivity contribution in [3.63, 3.8) is 0 Å². The minimum absolute atomic E-state index is 0.0849. The van der Waals surface area contributed by atoms with Gasteiger partial charge in [-0.1, -0.05) is 29.8 Å². The molecule has 0 atom stereocenters. The maximum Gasteiger partial charge on any atom is 0.254 e. The van der Waals surface area contributed by atoms with Crippen LogP contribution < -0.4 is 4.90 Å². The molecule has 0 unspecified atom stereocenters. The topological polar surface area (TPSA) is 63.7 Å². The summed E-state index contributed by atoms with van der Waals surface area (Å²) in [7, 11) is 0. The van der Waals surface area contributed by atoms with Crippen molar-refractivity contribution in [2.45, 2.75) is 13.5 Å². The highest BCUT2D eigenvalue weighted by Gasteiger charge is 2.24. The molecule has 1 saturated heterocycles. The molecule has 1 aliphatic heterocycles. The normalized spacial score (nSPS) is 15.1. The van der Waals surface area contributed by atoms with E-state index in [1.54, 1.807) is 0 Å². The number of hydrogen-bond donors (Lipinski definition) is 1. The van der Waals surface area contributed by atoms with Crippen LogP contribution in [0, 0.1) is 6.92 Å². The zero-order valence-electron chi connectivity index (χ0n) is 15.4. The number of benzene rings is 2. The molecule has 0 aliphatic carbocycles. The molecule has 4 rings (SSSR count). The van der Waals surface area contributed by atoms with Gasteiger partial charge in [0, 0.05) is 16.7 Å². The van der Waals surface area contributed by atoms with Crippen molar-refractivity contribution in [1.82, 2.24) is 15.1 Å². The van der Waals surface area contributed by atoms with Gasteiger partial charge in [-0.2, -0.15) is 0 Å². The van der Waals surface area contributed by atoms with Gasteiger partial charge in [0.25, 0.3) is 5.91 Å². The quantitative estimate of drug-likeness (QED) is 0.765. The fraction of sp³-hybridized carbons (Fsp3) is 0.286. The lowest BCUT2D eigenvalue weighted by atomic mass is 10.1. The third-order valence-corrected chi connectivity index (χ3v) is 5.03. The number of aryl methyl sites for hydroxylation is 1. The van der Waals surface area contributed by atoms with Gasteiger partial charge in [-0.25, -0.2) is 0 Å². The summed E-state index contributed by atoms with van der Waals surface area (Å²) in [6.07, 6.45) is 1.30. The molecule has 2 aromatic carbocycles. The number of aromatic nitrogens is 2. The number of carbonyl (C=O) groups excluding carboxylic acids is 1. The van der Waals surface area contributed by atoms with Crippen molar-refractivity contribution in [2.75, 3.05) is 26.2 Å². The highest BCUT2D eigenvalue weighted by molar-refractivity contribution is 5.94. The summed E-state index contributed by atoms with van der Waals surface area (Å²) in [4.78, 5) is 16.2. The Morgan fingerprint density at radius 2 is 1.93 bits per heavy atom. The lowest BCUT2D eigenvalue weighted by molar-refractivity contribution is -0.917. The van der Waals surface area contributed by atoms with Gasteiger partial charge >= 0.3 is 0 Å². The summed E-state index contributed by atoms with van der Waals surface area (Å²) >= 11 is 0. The Labute approximate surface area is 158 Å². The maximum atomic E-state index is 12.8. The van der Waals surface area contributed by atoms with Gasteiger partial charge in [0.05, 0.1) is 26.2 Å². The summed E-state index contributed by atoms with van der Waals surface area (Å²) in [5.41, 5.74) is 4.17. The first-order chi connectivity index (χ1) is 13.2. The molecule has 2 heterocycles. The molecule has 0 saturated carbocycles. The zero-order chi connectivity index (χ0) is 18.6. The first-order valence-corrected chi connectivity index (χ1v) is 9.24. The van der Waals surface area contributed by atoms with Crippen molar-refractivity contribution in [1.29, 1.82) is 0 Å². The molecule has 27 heavy (non-hydrogen) atoms. The molecule has 6 heteroatoms. The van der Waals surface area contributed by atoms with Gasteiger partial charge in [-0.3, -0.25) is 4.79 Å². The number of rotatable bonds is 4. The Hall–Kier alpha value is -2.99. The average molecular weight is 363 g/mol. The van der Waals surface area contributed by atoms with E-state index in [-0.39, 0.29) is 5.91 Å². The SMILES string of the molecule is Cc1cccc(C[NH+]2CCN(C(=O)c3ccc(-c4nnco4)cc3)CC2)c1. The van der Waals surface area contributed by atoms with Crippen molar-refractivity contribution >= 4 is 5.91 Å². The Bertz CT molecular complexity index is 898. The molecule has 0 bridgehead atoms. The van der Waals surface area contributed by atoms with E-state index in [0.717, 1.165) is 38.3 Å². The number of quaternary nitrogens is 1. The fourth-order valence-electron chi connectivity index (χ4n) is 3.55. The first-order valence-electron chi connectivity index (χ1n) is 9.24. The standard InChI is InChI=1S/C21H22N4O2/c1-16-3-2-4-17(13-16)14-24-9-11-25(12-10-24)21(26)19-7-5-18(6-8-19)20-23-22-15-27-20/h2-8,13,15H,9-12,14H2,1H3/p+1. The molecule has 1 N–H and O–H groups in total. The second-order valence-corrected chi connectivity index (χ2v) is 7.03. The van der Waals surface area contributed by atoms with E-state index >= 15 is 0 Å². The van der Waals surface area contributed by atoms with Crippen LogP contribution in [0.2, 0.25) is 0 Å². The minimum atomic E-state index is 0.0849. The van der Waals surface area contributed by atoms with Gasteiger partial charge in [-0.15, -0.1) is 10.2 Å². The van der Waals surface area contributed by atoms with Crippen LogP contribution in [0.25, 0.3) is 11.5 Å². The van der Waals surface area contributed by atoms with Gasteiger partial charge in [0.1, 0.15) is 6.54 Å². The fourth-order valence-corrected chi connectivity index (χ4v) is 3.55. The van der Waals surface area contributed by atoms with Crippen molar-refractivity contribution in [3.05, 3.63) is 71.6 Å². The Kier molecular flexibility index (Phi) is 4.98. The summed E-state index contributed by atoms with van der Waals surface area (Å²) in [6, 6.07) is 16.0. The molecular formula is C21H23N4O2+. The summed E-state index contributed by atoms with van der Waals surface area (Å²) in [6.45, 7) is 6.65. The predicted octanol–water partition coefficient (Wildman–Crippen LogP) is 1.59. The van der Waals surface area contributed by atoms with Crippen LogP contribution in [0.5, 0.6) is 0 Å². The van der Waals surface area contributed by atoms with Crippen molar-refractivity contribution in [2.24, 2.45) is 0 Å². The van der Waals surface area contributed by atoms with Crippen LogP contribution in [-0.4, -0.2) is 47.2 Å². The van der Waals surface area contributed by atoms with E-state index in [9.17, 15) is 4.79 Å². The van der Waals surface area contributed by atoms with E-state index in [0.29, 0.717) is 11.5 Å². The first kappa shape index (κ1) is 17.4. The molecule has 138 valence electrons. The van der Waals surface area contributed by atoms with Gasteiger partial charge < -0.3 is 14.2 Å². The summed E-state index contributed by atoms with van der Waals surface area (Å²) < 4.78 is 5.18. The number of amides is 1. The van der Waals surface area contributed by atoms with Crippen LogP contribution in [-0.2, 0) is 6.54 Å². The lowest BCUT2D eigenvalue weighted by Gasteiger charge is -2.32. The molecule has 0 spiro atoms. The van der Waals surface area contributed by atoms with E-state index in [1.807, 2.05) is 29.2 Å². The van der Waals surface area contributed by atoms with E-state index in [1.165, 1.54) is 22.4 Å². The largest absolute Gasteiger partial charge is 0.423 e. The van der Waals surface area contributed by atoms with E-state index < -0.39 is 0 Å². The molecule has 6 nitrogen and oxygen atoms in total. The predicted molar refractivity (Wildman–Crippen MR) is 101 cm³/mol. The Morgan fingerprint density at radius 3 is 2.59 bits per heavy atom. The molecule has 1 amide bonds. The molecule has 3 aromatic rings. The van der Waals surface area contributed by atoms with Crippen LogP contribution in [0.15, 0.2) is 59.3 Å². The zero-order valence-corrected chi connectivity index (χ0v) is 15.4. The van der Waals surface area contributed by atoms with Gasteiger partial charge in [0.15, 0.2) is 0 Å². The number of nitrogens with zero attached hydrogens (tertiary/aromatic N) is 3. The highest BCUT2D eigenvalue weighted by Crippen LogP contribution is 2.17.